The number of quaternary nitrogens is 1. The van der Waals surface area contributed by atoms with Crippen molar-refractivity contribution in [1.29, 1.82) is 0 Å². The number of rotatable bonds is 8. The summed E-state index contributed by atoms with van der Waals surface area (Å²) in [4.78, 5) is 21.1. The van der Waals surface area contributed by atoms with E-state index < -0.39 is 0 Å². The van der Waals surface area contributed by atoms with Crippen molar-refractivity contribution in [3.63, 3.8) is 0 Å². The quantitative estimate of drug-likeness (QED) is 0.650. The van der Waals surface area contributed by atoms with E-state index in [4.69, 9.17) is 4.98 Å². The fourth-order valence-electron chi connectivity index (χ4n) is 3.14. The van der Waals surface area contributed by atoms with Crippen molar-refractivity contribution in [2.75, 3.05) is 32.1 Å². The van der Waals surface area contributed by atoms with Gasteiger partial charge in [-0.2, -0.15) is 0 Å². The van der Waals surface area contributed by atoms with Gasteiger partial charge < -0.3 is 4.90 Å². The highest BCUT2D eigenvalue weighted by atomic mass is 32.1. The number of nitrogens with one attached hydrogen (secondary N) is 1. The summed E-state index contributed by atoms with van der Waals surface area (Å²) in [5, 5.41) is 0.825. The Balaban J connectivity index is 1.78. The van der Waals surface area contributed by atoms with Gasteiger partial charge in [0.05, 0.1) is 30.9 Å². The molecule has 0 unspecified atom stereocenters. The fraction of sp³-hybridized carbons (Fsp3) is 0.364. The van der Waals surface area contributed by atoms with Gasteiger partial charge in [0.25, 0.3) is 0 Å². The summed E-state index contributed by atoms with van der Waals surface area (Å²) in [5.41, 5.74) is 3.37. The first kappa shape index (κ1) is 19.5. The van der Waals surface area contributed by atoms with Crippen LogP contribution < -0.4 is 9.80 Å². The van der Waals surface area contributed by atoms with Crippen LogP contribution in [0, 0.1) is 6.92 Å². The molecule has 0 saturated carbocycles. The molecule has 0 fully saturated rings. The molecule has 1 heterocycles. The van der Waals surface area contributed by atoms with E-state index in [9.17, 15) is 4.79 Å². The highest BCUT2D eigenvalue weighted by Crippen LogP contribution is 2.31. The molecule has 0 aliphatic rings. The molecule has 2 aromatic carbocycles. The molecule has 0 radical (unpaired) electrons. The molecule has 5 heteroatoms. The molecule has 0 atom stereocenters. The number of para-hydroxylation sites is 1. The largest absolute Gasteiger partial charge is 0.340 e. The lowest BCUT2D eigenvalue weighted by atomic mass is 10.1. The number of benzene rings is 2. The van der Waals surface area contributed by atoms with Gasteiger partial charge in [-0.05, 0) is 30.5 Å². The molecular formula is C22H28N3OS+. The van der Waals surface area contributed by atoms with E-state index in [1.807, 2.05) is 23.1 Å². The second-order valence-corrected chi connectivity index (χ2v) is 8.27. The van der Waals surface area contributed by atoms with Gasteiger partial charge in [-0.3, -0.25) is 9.69 Å². The van der Waals surface area contributed by atoms with Gasteiger partial charge in [0.15, 0.2) is 5.13 Å². The number of thiazole rings is 1. The molecule has 0 spiro atoms. The standard InChI is InChI=1S/C22H27N3OS/c1-17-9-7-12-19-21(17)23-22(27-19)25(16-8-15-24(2)3)20(26)14-13-18-10-5-4-6-11-18/h4-7,9-12H,8,13-16H2,1-3H3/p+1. The van der Waals surface area contributed by atoms with E-state index in [2.05, 4.69) is 51.4 Å². The van der Waals surface area contributed by atoms with E-state index in [0.717, 1.165) is 46.8 Å². The average molecular weight is 383 g/mol. The van der Waals surface area contributed by atoms with Crippen molar-refractivity contribution in [3.05, 3.63) is 59.7 Å². The van der Waals surface area contributed by atoms with Crippen LogP contribution >= 0.6 is 11.3 Å². The summed E-state index contributed by atoms with van der Waals surface area (Å²) in [6.45, 7) is 3.83. The van der Waals surface area contributed by atoms with Gasteiger partial charge in [-0.1, -0.05) is 53.8 Å². The van der Waals surface area contributed by atoms with Gasteiger partial charge in [0, 0.05) is 19.4 Å². The topological polar surface area (TPSA) is 37.6 Å². The van der Waals surface area contributed by atoms with Crippen molar-refractivity contribution >= 4 is 32.6 Å². The molecule has 0 aliphatic carbocycles. The van der Waals surface area contributed by atoms with Crippen LogP contribution in [0.25, 0.3) is 10.2 Å². The van der Waals surface area contributed by atoms with Crippen molar-refractivity contribution in [3.8, 4) is 0 Å². The predicted octanol–water partition coefficient (Wildman–Crippen LogP) is 3.11. The number of anilines is 1. The fourth-order valence-corrected chi connectivity index (χ4v) is 4.23. The lowest BCUT2D eigenvalue weighted by Crippen LogP contribution is -3.05. The predicted molar refractivity (Wildman–Crippen MR) is 114 cm³/mol. The number of hydrogen-bond donors (Lipinski definition) is 1. The molecule has 1 N–H and O–H groups in total. The summed E-state index contributed by atoms with van der Waals surface area (Å²) in [5.74, 6) is 0.157. The van der Waals surface area contributed by atoms with Crippen LogP contribution in [0.1, 0.15) is 24.0 Å². The zero-order valence-electron chi connectivity index (χ0n) is 16.4. The van der Waals surface area contributed by atoms with Gasteiger partial charge in [-0.15, -0.1) is 0 Å². The lowest BCUT2D eigenvalue weighted by Gasteiger charge is -2.20. The zero-order chi connectivity index (χ0) is 19.2. The van der Waals surface area contributed by atoms with Crippen LogP contribution in [0.15, 0.2) is 48.5 Å². The van der Waals surface area contributed by atoms with Gasteiger partial charge in [0.1, 0.15) is 0 Å². The van der Waals surface area contributed by atoms with Gasteiger partial charge in [0.2, 0.25) is 5.91 Å². The Hall–Kier alpha value is -2.24. The number of nitrogens with zero attached hydrogens (tertiary/aromatic N) is 2. The molecule has 0 aliphatic heterocycles. The Morgan fingerprint density at radius 2 is 1.89 bits per heavy atom. The Morgan fingerprint density at radius 3 is 2.59 bits per heavy atom. The van der Waals surface area contributed by atoms with Crippen LogP contribution in [0.2, 0.25) is 0 Å². The van der Waals surface area contributed by atoms with Crippen LogP contribution in [0.4, 0.5) is 5.13 Å². The van der Waals surface area contributed by atoms with Crippen molar-refractivity contribution in [2.24, 2.45) is 0 Å². The summed E-state index contributed by atoms with van der Waals surface area (Å²) in [7, 11) is 4.28. The number of aryl methyl sites for hydroxylation is 2. The van der Waals surface area contributed by atoms with E-state index in [1.165, 1.54) is 10.5 Å². The summed E-state index contributed by atoms with van der Waals surface area (Å²) >= 11 is 1.62. The first-order valence-corrected chi connectivity index (χ1v) is 10.4. The first-order valence-electron chi connectivity index (χ1n) is 9.54. The molecule has 3 aromatic rings. The van der Waals surface area contributed by atoms with Gasteiger partial charge in [-0.25, -0.2) is 4.98 Å². The van der Waals surface area contributed by atoms with Crippen molar-refractivity contribution in [1.82, 2.24) is 4.98 Å². The number of fused-ring (bicyclic) bond motifs is 1. The SMILES string of the molecule is Cc1cccc2sc(N(CCC[NH+](C)C)C(=O)CCc3ccccc3)nc12. The number of amides is 1. The maximum Gasteiger partial charge on any atom is 0.229 e. The Bertz CT molecular complexity index is 889. The molecule has 4 nitrogen and oxygen atoms in total. The first-order chi connectivity index (χ1) is 13.0. The van der Waals surface area contributed by atoms with Crippen molar-refractivity contribution < 1.29 is 9.69 Å². The summed E-state index contributed by atoms with van der Waals surface area (Å²) in [6, 6.07) is 16.4. The van der Waals surface area contributed by atoms with Crippen LogP contribution in [0.5, 0.6) is 0 Å². The van der Waals surface area contributed by atoms with E-state index in [-0.39, 0.29) is 5.91 Å². The molecule has 142 valence electrons. The molecule has 1 amide bonds. The third kappa shape index (κ3) is 5.15. The normalized spacial score (nSPS) is 11.3. The summed E-state index contributed by atoms with van der Waals surface area (Å²) in [6.07, 6.45) is 2.24. The van der Waals surface area contributed by atoms with E-state index in [0.29, 0.717) is 6.42 Å². The maximum atomic E-state index is 13.0. The van der Waals surface area contributed by atoms with E-state index in [1.54, 1.807) is 11.3 Å². The zero-order valence-corrected chi connectivity index (χ0v) is 17.2. The monoisotopic (exact) mass is 382 g/mol. The Kier molecular flexibility index (Phi) is 6.58. The molecule has 0 bridgehead atoms. The third-order valence-corrected chi connectivity index (χ3v) is 5.71. The molecule has 0 saturated heterocycles. The lowest BCUT2D eigenvalue weighted by molar-refractivity contribution is -0.858. The van der Waals surface area contributed by atoms with E-state index >= 15 is 0 Å². The number of aromatic nitrogens is 1. The average Bonchev–Trinajstić information content (AvgIpc) is 3.09. The van der Waals surface area contributed by atoms with Gasteiger partial charge >= 0.3 is 0 Å². The number of hydrogen-bond acceptors (Lipinski definition) is 3. The van der Waals surface area contributed by atoms with Crippen LogP contribution in [0.3, 0.4) is 0 Å². The second-order valence-electron chi connectivity index (χ2n) is 7.26. The number of carbonyl (C=O) groups is 1. The Morgan fingerprint density at radius 1 is 1.11 bits per heavy atom. The minimum atomic E-state index is 0.157. The maximum absolute atomic E-state index is 13.0. The molecule has 3 rings (SSSR count). The minimum absolute atomic E-state index is 0.157. The number of carbonyl (C=O) groups excluding carboxylic acids is 1. The van der Waals surface area contributed by atoms with Crippen molar-refractivity contribution in [2.45, 2.75) is 26.2 Å². The second kappa shape index (κ2) is 9.11. The molecular weight excluding hydrogens is 354 g/mol. The highest BCUT2D eigenvalue weighted by Gasteiger charge is 2.20. The summed E-state index contributed by atoms with van der Waals surface area (Å²) < 4.78 is 1.14. The molecule has 27 heavy (non-hydrogen) atoms. The molecule has 1 aromatic heterocycles. The highest BCUT2D eigenvalue weighted by molar-refractivity contribution is 7.22. The third-order valence-electron chi connectivity index (χ3n) is 4.67. The Labute approximate surface area is 165 Å². The smallest absolute Gasteiger partial charge is 0.229 e. The van der Waals surface area contributed by atoms with Crippen LogP contribution in [-0.4, -0.2) is 38.1 Å². The van der Waals surface area contributed by atoms with Crippen LogP contribution in [-0.2, 0) is 11.2 Å². The minimum Gasteiger partial charge on any atom is -0.340 e.